The highest BCUT2D eigenvalue weighted by Crippen LogP contribution is 2.21. The van der Waals surface area contributed by atoms with E-state index in [0.29, 0.717) is 12.1 Å². The third kappa shape index (κ3) is 4.19. The third-order valence-corrected chi connectivity index (χ3v) is 3.62. The Bertz CT molecular complexity index is 448. The Kier molecular flexibility index (Phi) is 5.18. The number of halogens is 1. The lowest BCUT2D eigenvalue weighted by Crippen LogP contribution is -2.46. The van der Waals surface area contributed by atoms with E-state index in [1.54, 1.807) is 12.1 Å². The van der Waals surface area contributed by atoms with Gasteiger partial charge in [0.25, 0.3) is 5.91 Å². The highest BCUT2D eigenvalue weighted by Gasteiger charge is 2.12. The Morgan fingerprint density at radius 2 is 2.16 bits per heavy atom. The summed E-state index contributed by atoms with van der Waals surface area (Å²) in [6.07, 6.45) is 0. The molecule has 0 aliphatic carbocycles. The molecule has 0 bridgehead atoms. The zero-order chi connectivity index (χ0) is 13.7. The van der Waals surface area contributed by atoms with Gasteiger partial charge in [0.15, 0.2) is 0 Å². The van der Waals surface area contributed by atoms with E-state index in [1.165, 1.54) is 6.07 Å². The van der Waals surface area contributed by atoms with Crippen molar-refractivity contribution in [3.05, 3.63) is 28.2 Å². The van der Waals surface area contributed by atoms with Crippen LogP contribution in [-0.2, 0) is 0 Å². The summed E-state index contributed by atoms with van der Waals surface area (Å²) in [6.45, 7) is 5.46. The monoisotopic (exact) mass is 327 g/mol. The molecule has 19 heavy (non-hydrogen) atoms. The first kappa shape index (κ1) is 14.3. The van der Waals surface area contributed by atoms with E-state index in [9.17, 15) is 9.90 Å². The third-order valence-electron chi connectivity index (χ3n) is 3.13. The minimum absolute atomic E-state index is 0.00551. The molecule has 1 fully saturated rings. The minimum Gasteiger partial charge on any atom is -0.507 e. The molecule has 0 saturated carbocycles. The molecule has 5 nitrogen and oxygen atoms in total. The van der Waals surface area contributed by atoms with Crippen molar-refractivity contribution in [2.45, 2.75) is 0 Å². The van der Waals surface area contributed by atoms with E-state index in [0.717, 1.165) is 37.2 Å². The average Bonchev–Trinajstić information content (AvgIpc) is 2.39. The lowest BCUT2D eigenvalue weighted by molar-refractivity contribution is 0.0944. The van der Waals surface area contributed by atoms with Crippen LogP contribution in [0.4, 0.5) is 0 Å². The van der Waals surface area contributed by atoms with Gasteiger partial charge in [0.2, 0.25) is 0 Å². The zero-order valence-electron chi connectivity index (χ0n) is 10.7. The topological polar surface area (TPSA) is 64.6 Å². The SMILES string of the molecule is O=C(NCCN1CCNCC1)c1ccc(Br)cc1O. The number of rotatable bonds is 4. The van der Waals surface area contributed by atoms with Crippen molar-refractivity contribution in [3.63, 3.8) is 0 Å². The lowest BCUT2D eigenvalue weighted by Gasteiger charge is -2.27. The molecule has 1 amide bonds. The van der Waals surface area contributed by atoms with Gasteiger partial charge in [-0.25, -0.2) is 0 Å². The van der Waals surface area contributed by atoms with Crippen molar-refractivity contribution in [2.24, 2.45) is 0 Å². The number of carbonyl (C=O) groups excluding carboxylic acids is 1. The van der Waals surface area contributed by atoms with E-state index in [2.05, 4.69) is 31.5 Å². The summed E-state index contributed by atoms with van der Waals surface area (Å²) in [5, 5.41) is 15.8. The molecule has 1 aromatic rings. The fourth-order valence-corrected chi connectivity index (χ4v) is 2.40. The predicted octanol–water partition coefficient (Wildman–Crippen LogP) is 0.790. The van der Waals surface area contributed by atoms with Gasteiger partial charge in [-0.2, -0.15) is 0 Å². The maximum atomic E-state index is 11.9. The molecule has 0 spiro atoms. The number of nitrogens with zero attached hydrogens (tertiary/aromatic N) is 1. The number of phenols is 1. The molecular weight excluding hydrogens is 310 g/mol. The highest BCUT2D eigenvalue weighted by molar-refractivity contribution is 9.10. The van der Waals surface area contributed by atoms with Crippen LogP contribution in [0.3, 0.4) is 0 Å². The molecule has 3 N–H and O–H groups in total. The largest absolute Gasteiger partial charge is 0.507 e. The van der Waals surface area contributed by atoms with Crippen LogP contribution in [0, 0.1) is 0 Å². The molecule has 0 atom stereocenters. The average molecular weight is 328 g/mol. The van der Waals surface area contributed by atoms with Crippen LogP contribution in [0.2, 0.25) is 0 Å². The molecule has 0 unspecified atom stereocenters. The molecule has 1 aliphatic rings. The number of hydrogen-bond donors (Lipinski definition) is 3. The second-order valence-electron chi connectivity index (χ2n) is 4.51. The van der Waals surface area contributed by atoms with Gasteiger partial charge in [0.05, 0.1) is 5.56 Å². The minimum atomic E-state index is -0.236. The Hall–Kier alpha value is -1.11. The van der Waals surface area contributed by atoms with E-state index >= 15 is 0 Å². The van der Waals surface area contributed by atoms with Crippen LogP contribution in [-0.4, -0.2) is 55.2 Å². The zero-order valence-corrected chi connectivity index (χ0v) is 12.2. The van der Waals surface area contributed by atoms with Crippen LogP contribution < -0.4 is 10.6 Å². The summed E-state index contributed by atoms with van der Waals surface area (Å²) in [5.74, 6) is -0.241. The molecule has 2 rings (SSSR count). The van der Waals surface area contributed by atoms with Crippen LogP contribution >= 0.6 is 15.9 Å². The molecule has 1 saturated heterocycles. The van der Waals surface area contributed by atoms with Crippen LogP contribution in [0.5, 0.6) is 5.75 Å². The van der Waals surface area contributed by atoms with Gasteiger partial charge in [0, 0.05) is 43.7 Å². The number of piperazine rings is 1. The fourth-order valence-electron chi connectivity index (χ4n) is 2.05. The molecule has 0 radical (unpaired) electrons. The summed E-state index contributed by atoms with van der Waals surface area (Å²) >= 11 is 3.25. The van der Waals surface area contributed by atoms with Crippen molar-refractivity contribution in [3.8, 4) is 5.75 Å². The summed E-state index contributed by atoms with van der Waals surface area (Å²) in [6, 6.07) is 4.87. The molecule has 1 heterocycles. The summed E-state index contributed by atoms with van der Waals surface area (Å²) in [4.78, 5) is 14.2. The fraction of sp³-hybridized carbons (Fsp3) is 0.462. The normalized spacial score (nSPS) is 16.3. The Morgan fingerprint density at radius 3 is 2.84 bits per heavy atom. The molecule has 1 aromatic carbocycles. The van der Waals surface area contributed by atoms with Crippen molar-refractivity contribution in [2.75, 3.05) is 39.3 Å². The summed E-state index contributed by atoms with van der Waals surface area (Å²) < 4.78 is 0.752. The number of benzene rings is 1. The van der Waals surface area contributed by atoms with Gasteiger partial charge < -0.3 is 15.7 Å². The van der Waals surface area contributed by atoms with E-state index in [-0.39, 0.29) is 11.7 Å². The van der Waals surface area contributed by atoms with Crippen molar-refractivity contribution >= 4 is 21.8 Å². The second kappa shape index (κ2) is 6.88. The number of carbonyl (C=O) groups is 1. The van der Waals surface area contributed by atoms with E-state index in [4.69, 9.17) is 0 Å². The van der Waals surface area contributed by atoms with Crippen molar-refractivity contribution in [1.82, 2.24) is 15.5 Å². The molecule has 1 aliphatic heterocycles. The first-order valence-electron chi connectivity index (χ1n) is 6.36. The van der Waals surface area contributed by atoms with Crippen LogP contribution in [0.25, 0.3) is 0 Å². The maximum absolute atomic E-state index is 11.9. The lowest BCUT2D eigenvalue weighted by atomic mass is 10.2. The number of aromatic hydroxyl groups is 1. The molecule has 0 aromatic heterocycles. The Morgan fingerprint density at radius 1 is 1.42 bits per heavy atom. The maximum Gasteiger partial charge on any atom is 0.255 e. The second-order valence-corrected chi connectivity index (χ2v) is 5.42. The molecule has 104 valence electrons. The van der Waals surface area contributed by atoms with E-state index < -0.39 is 0 Å². The Labute approximate surface area is 121 Å². The van der Waals surface area contributed by atoms with Gasteiger partial charge in [-0.3, -0.25) is 9.69 Å². The van der Waals surface area contributed by atoms with E-state index in [1.807, 2.05) is 0 Å². The van der Waals surface area contributed by atoms with Crippen LogP contribution in [0.15, 0.2) is 22.7 Å². The standard InChI is InChI=1S/C13H18BrN3O2/c14-10-1-2-11(12(18)9-10)13(19)16-5-8-17-6-3-15-4-7-17/h1-2,9,15,18H,3-8H2,(H,16,19). The van der Waals surface area contributed by atoms with Crippen LogP contribution in [0.1, 0.15) is 10.4 Å². The first-order chi connectivity index (χ1) is 9.16. The number of nitrogens with one attached hydrogen (secondary N) is 2. The first-order valence-corrected chi connectivity index (χ1v) is 7.16. The smallest absolute Gasteiger partial charge is 0.255 e. The summed E-state index contributed by atoms with van der Waals surface area (Å²) in [5.41, 5.74) is 0.309. The quantitative estimate of drug-likeness (QED) is 0.765. The Balaban J connectivity index is 1.80. The van der Waals surface area contributed by atoms with Gasteiger partial charge in [-0.05, 0) is 18.2 Å². The van der Waals surface area contributed by atoms with Gasteiger partial charge in [-0.15, -0.1) is 0 Å². The van der Waals surface area contributed by atoms with Crippen molar-refractivity contribution < 1.29 is 9.90 Å². The van der Waals surface area contributed by atoms with Gasteiger partial charge in [0.1, 0.15) is 5.75 Å². The van der Waals surface area contributed by atoms with Gasteiger partial charge in [-0.1, -0.05) is 15.9 Å². The number of phenolic OH excluding ortho intramolecular Hbond substituents is 1. The predicted molar refractivity (Wildman–Crippen MR) is 77.4 cm³/mol. The molecule has 6 heteroatoms. The number of amides is 1. The van der Waals surface area contributed by atoms with Gasteiger partial charge >= 0.3 is 0 Å². The van der Waals surface area contributed by atoms with Crippen molar-refractivity contribution in [1.29, 1.82) is 0 Å². The highest BCUT2D eigenvalue weighted by atomic mass is 79.9. The molecular formula is C13H18BrN3O2. The summed E-state index contributed by atoms with van der Waals surface area (Å²) in [7, 11) is 0. The number of hydrogen-bond acceptors (Lipinski definition) is 4.